The lowest BCUT2D eigenvalue weighted by molar-refractivity contribution is 0.0987. The number of amides is 1. The predicted molar refractivity (Wildman–Crippen MR) is 82.2 cm³/mol. The van der Waals surface area contributed by atoms with Crippen molar-refractivity contribution in [2.24, 2.45) is 0 Å². The molecule has 0 bridgehead atoms. The van der Waals surface area contributed by atoms with Crippen molar-refractivity contribution in [3.63, 3.8) is 0 Å². The molecule has 2 aromatic carbocycles. The van der Waals surface area contributed by atoms with Crippen molar-refractivity contribution in [3.8, 4) is 0 Å². The first-order valence-corrected chi connectivity index (χ1v) is 7.23. The van der Waals surface area contributed by atoms with Crippen molar-refractivity contribution >= 4 is 11.6 Å². The maximum atomic E-state index is 12.7. The second-order valence-corrected chi connectivity index (χ2v) is 5.42. The highest BCUT2D eigenvalue weighted by Gasteiger charge is 2.24. The average molecular weight is 265 g/mol. The van der Waals surface area contributed by atoms with Gasteiger partial charge >= 0.3 is 0 Å². The van der Waals surface area contributed by atoms with E-state index in [2.05, 4.69) is 25.1 Å². The van der Waals surface area contributed by atoms with Gasteiger partial charge < -0.3 is 4.90 Å². The number of benzene rings is 2. The van der Waals surface area contributed by atoms with Crippen LogP contribution in [0, 0.1) is 0 Å². The minimum atomic E-state index is 0.104. The molecule has 0 N–H and O–H groups in total. The average Bonchev–Trinajstić information content (AvgIpc) is 2.67. The molecule has 0 radical (unpaired) electrons. The molecule has 20 heavy (non-hydrogen) atoms. The van der Waals surface area contributed by atoms with Crippen LogP contribution in [0.15, 0.2) is 54.6 Å². The molecular weight excluding hydrogens is 246 g/mol. The van der Waals surface area contributed by atoms with Crippen molar-refractivity contribution in [1.29, 1.82) is 0 Å². The van der Waals surface area contributed by atoms with Gasteiger partial charge in [-0.2, -0.15) is 0 Å². The minimum absolute atomic E-state index is 0.104. The molecular formula is C18H19NO. The number of hydrogen-bond donors (Lipinski definition) is 0. The molecule has 2 heteroatoms. The van der Waals surface area contributed by atoms with Crippen LogP contribution < -0.4 is 4.90 Å². The van der Waals surface area contributed by atoms with E-state index < -0.39 is 0 Å². The van der Waals surface area contributed by atoms with Gasteiger partial charge in [-0.05, 0) is 42.5 Å². The Kier molecular flexibility index (Phi) is 3.55. The molecule has 0 spiro atoms. The van der Waals surface area contributed by atoms with E-state index in [4.69, 9.17) is 0 Å². The number of anilines is 1. The van der Waals surface area contributed by atoms with Gasteiger partial charge in [0.2, 0.25) is 0 Å². The number of carbonyl (C=O) groups is 1. The van der Waals surface area contributed by atoms with Crippen molar-refractivity contribution in [1.82, 2.24) is 0 Å². The summed E-state index contributed by atoms with van der Waals surface area (Å²) in [6.45, 7) is 3.05. The first-order chi connectivity index (χ1) is 9.77. The Hall–Kier alpha value is -2.09. The number of nitrogens with zero attached hydrogens (tertiary/aromatic N) is 1. The minimum Gasteiger partial charge on any atom is -0.308 e. The molecule has 0 aromatic heterocycles. The van der Waals surface area contributed by atoms with E-state index in [1.54, 1.807) is 0 Å². The fraction of sp³-hybridized carbons (Fsp3) is 0.278. The van der Waals surface area contributed by atoms with Crippen molar-refractivity contribution in [2.75, 3.05) is 11.4 Å². The molecule has 0 saturated carbocycles. The highest BCUT2D eigenvalue weighted by atomic mass is 16.2. The second-order valence-electron chi connectivity index (χ2n) is 5.42. The molecule has 1 amide bonds. The van der Waals surface area contributed by atoms with Crippen molar-refractivity contribution < 1.29 is 4.79 Å². The van der Waals surface area contributed by atoms with Crippen LogP contribution in [0.25, 0.3) is 0 Å². The van der Waals surface area contributed by atoms with Crippen LogP contribution in [0.5, 0.6) is 0 Å². The summed E-state index contributed by atoms with van der Waals surface area (Å²) in [5, 5.41) is 0. The molecule has 1 aliphatic heterocycles. The zero-order valence-electron chi connectivity index (χ0n) is 11.8. The molecule has 1 heterocycles. The highest BCUT2D eigenvalue weighted by Crippen LogP contribution is 2.34. The Bertz CT molecular complexity index is 606. The van der Waals surface area contributed by atoms with Crippen LogP contribution in [-0.4, -0.2) is 12.5 Å². The molecule has 1 aliphatic rings. The highest BCUT2D eigenvalue weighted by molar-refractivity contribution is 6.06. The summed E-state index contributed by atoms with van der Waals surface area (Å²) >= 11 is 0. The van der Waals surface area contributed by atoms with Gasteiger partial charge in [-0.1, -0.05) is 43.3 Å². The number of fused-ring (bicyclic) bond motifs is 1. The van der Waals surface area contributed by atoms with Crippen molar-refractivity contribution in [3.05, 3.63) is 65.7 Å². The quantitative estimate of drug-likeness (QED) is 0.755. The van der Waals surface area contributed by atoms with E-state index in [0.29, 0.717) is 5.92 Å². The summed E-state index contributed by atoms with van der Waals surface area (Å²) in [4.78, 5) is 14.7. The van der Waals surface area contributed by atoms with E-state index >= 15 is 0 Å². The van der Waals surface area contributed by atoms with Crippen LogP contribution in [0.4, 0.5) is 5.69 Å². The van der Waals surface area contributed by atoms with Gasteiger partial charge in [-0.25, -0.2) is 0 Å². The van der Waals surface area contributed by atoms with Crippen LogP contribution in [0.2, 0.25) is 0 Å². The van der Waals surface area contributed by atoms with Crippen LogP contribution in [0.3, 0.4) is 0 Å². The fourth-order valence-electron chi connectivity index (χ4n) is 2.93. The summed E-state index contributed by atoms with van der Waals surface area (Å²) in [5.41, 5.74) is 3.12. The molecule has 0 aliphatic carbocycles. The number of hydrogen-bond acceptors (Lipinski definition) is 1. The van der Waals surface area contributed by atoms with E-state index in [-0.39, 0.29) is 5.91 Å². The van der Waals surface area contributed by atoms with Crippen LogP contribution in [-0.2, 0) is 0 Å². The largest absolute Gasteiger partial charge is 0.308 e. The monoisotopic (exact) mass is 265 g/mol. The zero-order chi connectivity index (χ0) is 13.9. The van der Waals surface area contributed by atoms with E-state index in [1.807, 2.05) is 41.3 Å². The predicted octanol–water partition coefficient (Wildman–Crippen LogP) is 4.23. The first kappa shape index (κ1) is 12.9. The van der Waals surface area contributed by atoms with E-state index in [1.165, 1.54) is 5.56 Å². The van der Waals surface area contributed by atoms with Gasteiger partial charge in [-0.15, -0.1) is 0 Å². The summed E-state index contributed by atoms with van der Waals surface area (Å²) in [6.07, 6.45) is 2.18. The van der Waals surface area contributed by atoms with Crippen LogP contribution in [0.1, 0.15) is 41.6 Å². The van der Waals surface area contributed by atoms with Gasteiger partial charge in [-0.3, -0.25) is 4.79 Å². The van der Waals surface area contributed by atoms with Crippen LogP contribution >= 0.6 is 0 Å². The number of rotatable bonds is 1. The lowest BCUT2D eigenvalue weighted by atomic mass is 9.96. The molecule has 0 fully saturated rings. The van der Waals surface area contributed by atoms with Gasteiger partial charge in [0.15, 0.2) is 0 Å². The molecule has 1 atom stereocenters. The van der Waals surface area contributed by atoms with Gasteiger partial charge in [0.05, 0.1) is 0 Å². The third-order valence-electron chi connectivity index (χ3n) is 4.04. The molecule has 0 saturated heterocycles. The third kappa shape index (κ3) is 2.34. The van der Waals surface area contributed by atoms with Gasteiger partial charge in [0.25, 0.3) is 5.91 Å². The Morgan fingerprint density at radius 2 is 1.75 bits per heavy atom. The summed E-state index contributed by atoms with van der Waals surface area (Å²) < 4.78 is 0. The maximum Gasteiger partial charge on any atom is 0.258 e. The first-order valence-electron chi connectivity index (χ1n) is 7.23. The topological polar surface area (TPSA) is 20.3 Å². The number of para-hydroxylation sites is 1. The Labute approximate surface area is 120 Å². The SMILES string of the molecule is CC1CCCN(C(=O)c2ccccc2)c2ccccc21. The molecule has 102 valence electrons. The Morgan fingerprint density at radius 1 is 1.05 bits per heavy atom. The normalized spacial score (nSPS) is 18.2. The Morgan fingerprint density at radius 3 is 2.55 bits per heavy atom. The zero-order valence-corrected chi connectivity index (χ0v) is 11.8. The fourth-order valence-corrected chi connectivity index (χ4v) is 2.93. The summed E-state index contributed by atoms with van der Waals surface area (Å²) in [6, 6.07) is 17.8. The summed E-state index contributed by atoms with van der Waals surface area (Å²) in [5.74, 6) is 0.618. The van der Waals surface area contributed by atoms with Gasteiger partial charge in [0.1, 0.15) is 0 Å². The lowest BCUT2D eigenvalue weighted by Gasteiger charge is -2.23. The molecule has 1 unspecified atom stereocenters. The van der Waals surface area contributed by atoms with Gasteiger partial charge in [0, 0.05) is 17.8 Å². The molecule has 2 aromatic rings. The molecule has 3 rings (SSSR count). The number of carbonyl (C=O) groups excluding carboxylic acids is 1. The smallest absolute Gasteiger partial charge is 0.258 e. The lowest BCUT2D eigenvalue weighted by Crippen LogP contribution is -2.31. The van der Waals surface area contributed by atoms with E-state index in [9.17, 15) is 4.79 Å². The standard InChI is InChI=1S/C18H19NO/c1-14-8-7-13-19(17-12-6-5-11-16(14)17)18(20)15-9-3-2-4-10-15/h2-6,9-12,14H,7-8,13H2,1H3. The summed E-state index contributed by atoms with van der Waals surface area (Å²) in [7, 11) is 0. The third-order valence-corrected chi connectivity index (χ3v) is 4.04. The maximum absolute atomic E-state index is 12.7. The second kappa shape index (κ2) is 5.49. The van der Waals surface area contributed by atoms with E-state index in [0.717, 1.165) is 30.6 Å². The Balaban J connectivity index is 2.01. The van der Waals surface area contributed by atoms with Crippen molar-refractivity contribution in [2.45, 2.75) is 25.7 Å². The molecule has 2 nitrogen and oxygen atoms in total.